The van der Waals surface area contributed by atoms with Gasteiger partial charge < -0.3 is 11.1 Å². The maximum atomic E-state index is 11.6. The minimum absolute atomic E-state index is 0.00139. The van der Waals surface area contributed by atoms with Gasteiger partial charge in [0.05, 0.1) is 6.04 Å². The number of carbonyl (C=O) groups is 1. The van der Waals surface area contributed by atoms with Gasteiger partial charge in [-0.2, -0.15) is 11.8 Å². The normalized spacial score (nSPS) is 21.4. The van der Waals surface area contributed by atoms with Gasteiger partial charge in [0.25, 0.3) is 0 Å². The molecule has 0 aromatic heterocycles. The summed E-state index contributed by atoms with van der Waals surface area (Å²) in [6, 6.07) is -0.345. The minimum Gasteiger partial charge on any atom is -0.353 e. The summed E-state index contributed by atoms with van der Waals surface area (Å²) >= 11 is 1.90. The molecule has 1 saturated carbocycles. The number of hydrogen-bond acceptors (Lipinski definition) is 3. The van der Waals surface area contributed by atoms with Crippen molar-refractivity contribution in [2.45, 2.75) is 56.2 Å². The summed E-state index contributed by atoms with van der Waals surface area (Å²) in [6.45, 7) is 2.72. The van der Waals surface area contributed by atoms with Crippen LogP contribution >= 0.6 is 11.8 Å². The van der Waals surface area contributed by atoms with E-state index in [-0.39, 0.29) is 16.7 Å². The van der Waals surface area contributed by atoms with E-state index < -0.39 is 0 Å². The fourth-order valence-corrected chi connectivity index (χ4v) is 3.13. The molecule has 0 unspecified atom stereocenters. The highest BCUT2D eigenvalue weighted by atomic mass is 32.2. The molecule has 1 fully saturated rings. The van der Waals surface area contributed by atoms with Gasteiger partial charge in [-0.3, -0.25) is 4.79 Å². The van der Waals surface area contributed by atoms with Crippen molar-refractivity contribution in [3.63, 3.8) is 0 Å². The Kier molecular flexibility index (Phi) is 5.62. The average molecular weight is 244 g/mol. The maximum absolute atomic E-state index is 11.6. The molecule has 0 aromatic rings. The molecule has 0 spiro atoms. The summed E-state index contributed by atoms with van der Waals surface area (Å²) in [6.07, 6.45) is 9.21. The van der Waals surface area contributed by atoms with E-state index in [0.29, 0.717) is 6.42 Å². The lowest BCUT2D eigenvalue weighted by Crippen LogP contribution is -2.47. The van der Waals surface area contributed by atoms with Crippen LogP contribution in [-0.2, 0) is 4.79 Å². The van der Waals surface area contributed by atoms with Crippen molar-refractivity contribution < 1.29 is 4.79 Å². The van der Waals surface area contributed by atoms with Gasteiger partial charge in [0.2, 0.25) is 5.91 Å². The number of nitrogens with two attached hydrogens (primary N) is 1. The monoisotopic (exact) mass is 244 g/mol. The lowest BCUT2D eigenvalue weighted by molar-refractivity contribution is -0.122. The summed E-state index contributed by atoms with van der Waals surface area (Å²) in [5, 5.41) is 3.01. The smallest absolute Gasteiger partial charge is 0.236 e. The Labute approximate surface area is 103 Å². The Morgan fingerprint density at radius 1 is 1.44 bits per heavy atom. The highest BCUT2D eigenvalue weighted by Gasteiger charge is 2.31. The van der Waals surface area contributed by atoms with Crippen LogP contribution in [-0.4, -0.2) is 29.5 Å². The Hall–Kier alpha value is -0.220. The Morgan fingerprint density at radius 2 is 2.06 bits per heavy atom. The van der Waals surface area contributed by atoms with Crippen LogP contribution in [0.25, 0.3) is 0 Å². The zero-order valence-electron chi connectivity index (χ0n) is 10.4. The van der Waals surface area contributed by atoms with Gasteiger partial charge in [0, 0.05) is 11.3 Å². The molecule has 3 N–H and O–H groups in total. The van der Waals surface area contributed by atoms with Crippen molar-refractivity contribution in [1.82, 2.24) is 5.32 Å². The van der Waals surface area contributed by atoms with Crippen molar-refractivity contribution >= 4 is 17.7 Å². The highest BCUT2D eigenvalue weighted by molar-refractivity contribution is 8.00. The van der Waals surface area contributed by atoms with E-state index in [4.69, 9.17) is 5.73 Å². The van der Waals surface area contributed by atoms with Gasteiger partial charge in [-0.05, 0) is 25.5 Å². The van der Waals surface area contributed by atoms with E-state index in [1.54, 1.807) is 0 Å². The number of nitrogens with one attached hydrogen (secondary N) is 1. The first-order valence-corrected chi connectivity index (χ1v) is 7.44. The first-order valence-electron chi connectivity index (χ1n) is 6.22. The number of carbonyl (C=O) groups excluding carboxylic acids is 1. The fraction of sp³-hybridized carbons (Fsp3) is 0.917. The van der Waals surface area contributed by atoms with Crippen molar-refractivity contribution in [3.8, 4) is 0 Å². The Balaban J connectivity index is 2.41. The quantitative estimate of drug-likeness (QED) is 0.776. The molecule has 1 rings (SSSR count). The molecule has 16 heavy (non-hydrogen) atoms. The van der Waals surface area contributed by atoms with Crippen molar-refractivity contribution in [1.29, 1.82) is 0 Å². The van der Waals surface area contributed by atoms with Crippen molar-refractivity contribution in [3.05, 3.63) is 0 Å². The molecule has 0 heterocycles. The first kappa shape index (κ1) is 13.8. The molecule has 1 amide bonds. The Morgan fingerprint density at radius 3 is 2.56 bits per heavy atom. The molecule has 1 aliphatic rings. The molecule has 1 aliphatic carbocycles. The van der Waals surface area contributed by atoms with Crippen molar-refractivity contribution in [2.75, 3.05) is 12.8 Å². The minimum atomic E-state index is -0.345. The van der Waals surface area contributed by atoms with Gasteiger partial charge in [-0.15, -0.1) is 0 Å². The van der Waals surface area contributed by atoms with Crippen LogP contribution in [0.1, 0.15) is 45.4 Å². The molecule has 1 atom stereocenters. The fourth-order valence-electron chi connectivity index (χ4n) is 2.21. The number of hydrogen-bond donors (Lipinski definition) is 2. The standard InChI is InChI=1S/C12H24N2OS/c1-3-10(13)11(15)14-9-12(16-2)7-5-4-6-8-12/h10H,3-9,13H2,1-2H3,(H,14,15)/t10-/m1/s1. The average Bonchev–Trinajstić information content (AvgIpc) is 2.36. The summed E-state index contributed by atoms with van der Waals surface area (Å²) < 4.78 is 0.265. The largest absolute Gasteiger partial charge is 0.353 e. The molecule has 0 saturated heterocycles. The van der Waals surface area contributed by atoms with Crippen LogP contribution in [0.15, 0.2) is 0 Å². The van der Waals surface area contributed by atoms with Gasteiger partial charge in [-0.25, -0.2) is 0 Å². The van der Waals surface area contributed by atoms with E-state index in [0.717, 1.165) is 6.54 Å². The van der Waals surface area contributed by atoms with E-state index in [1.165, 1.54) is 32.1 Å². The van der Waals surface area contributed by atoms with E-state index in [9.17, 15) is 4.79 Å². The predicted molar refractivity (Wildman–Crippen MR) is 70.6 cm³/mol. The second kappa shape index (κ2) is 6.50. The van der Waals surface area contributed by atoms with Crippen LogP contribution in [0, 0.1) is 0 Å². The van der Waals surface area contributed by atoms with Gasteiger partial charge in [0.1, 0.15) is 0 Å². The summed E-state index contributed by atoms with van der Waals surface area (Å²) in [5.41, 5.74) is 5.70. The van der Waals surface area contributed by atoms with Crippen LogP contribution in [0.4, 0.5) is 0 Å². The third kappa shape index (κ3) is 3.67. The second-order valence-corrected chi connectivity index (χ2v) is 5.95. The van der Waals surface area contributed by atoms with Crippen LogP contribution in [0.3, 0.4) is 0 Å². The van der Waals surface area contributed by atoms with Crippen LogP contribution in [0.5, 0.6) is 0 Å². The van der Waals surface area contributed by atoms with Crippen molar-refractivity contribution in [2.24, 2.45) is 5.73 Å². The van der Waals surface area contributed by atoms with Gasteiger partial charge >= 0.3 is 0 Å². The molecular weight excluding hydrogens is 220 g/mol. The first-order chi connectivity index (χ1) is 7.63. The zero-order chi connectivity index (χ0) is 12.0. The van der Waals surface area contributed by atoms with E-state index in [2.05, 4.69) is 11.6 Å². The van der Waals surface area contributed by atoms with Gasteiger partial charge in [0.15, 0.2) is 0 Å². The van der Waals surface area contributed by atoms with E-state index >= 15 is 0 Å². The summed E-state index contributed by atoms with van der Waals surface area (Å²) in [4.78, 5) is 11.6. The lowest BCUT2D eigenvalue weighted by Gasteiger charge is -2.36. The SMILES string of the molecule is CC[C@@H](N)C(=O)NCC1(SC)CCCCC1. The summed E-state index contributed by atoms with van der Waals surface area (Å²) in [7, 11) is 0. The molecular formula is C12H24N2OS. The topological polar surface area (TPSA) is 55.1 Å². The second-order valence-electron chi connectivity index (χ2n) is 4.68. The molecule has 0 bridgehead atoms. The molecule has 0 aromatic carbocycles. The number of rotatable bonds is 5. The maximum Gasteiger partial charge on any atom is 0.236 e. The molecule has 94 valence electrons. The third-order valence-electron chi connectivity index (χ3n) is 3.56. The van der Waals surface area contributed by atoms with Gasteiger partial charge in [-0.1, -0.05) is 26.2 Å². The number of thioether (sulfide) groups is 1. The molecule has 0 radical (unpaired) electrons. The zero-order valence-corrected chi connectivity index (χ0v) is 11.2. The Bertz CT molecular complexity index is 227. The predicted octanol–water partition coefficient (Wildman–Crippen LogP) is 1.91. The molecule has 4 heteroatoms. The highest BCUT2D eigenvalue weighted by Crippen LogP contribution is 2.37. The summed E-state index contributed by atoms with van der Waals surface area (Å²) in [5.74, 6) is 0.00139. The number of amides is 1. The van der Waals surface area contributed by atoms with Crippen LogP contribution in [0.2, 0.25) is 0 Å². The van der Waals surface area contributed by atoms with Crippen LogP contribution < -0.4 is 11.1 Å². The molecule has 0 aliphatic heterocycles. The third-order valence-corrected chi connectivity index (χ3v) is 4.98. The lowest BCUT2D eigenvalue weighted by atomic mass is 9.88. The van der Waals surface area contributed by atoms with E-state index in [1.807, 2.05) is 18.7 Å². The molecule has 3 nitrogen and oxygen atoms in total.